The molecule has 2 nitrogen and oxygen atoms in total. The van der Waals surface area contributed by atoms with Gasteiger partial charge in [-0.1, -0.05) is 15.9 Å². The predicted molar refractivity (Wildman–Crippen MR) is 55.1 cm³/mol. The van der Waals surface area contributed by atoms with Crippen LogP contribution in [0.3, 0.4) is 0 Å². The summed E-state index contributed by atoms with van der Waals surface area (Å²) in [6, 6.07) is 3.54. The van der Waals surface area contributed by atoms with Gasteiger partial charge in [-0.05, 0) is 34.7 Å². The Bertz CT molecular complexity index is 277. The molecule has 4 heteroatoms. The minimum Gasteiger partial charge on any atom is -0.293 e. The number of aromatic nitrogens is 1. The fourth-order valence-corrected chi connectivity index (χ4v) is 1.61. The summed E-state index contributed by atoms with van der Waals surface area (Å²) in [5.74, 6) is 0.0718. The van der Waals surface area contributed by atoms with E-state index in [9.17, 15) is 4.79 Å². The Hall–Kier alpha value is 0.0300. The Morgan fingerprint density at radius 3 is 3.00 bits per heavy atom. The van der Waals surface area contributed by atoms with Crippen molar-refractivity contribution in [3.63, 3.8) is 0 Å². The first-order valence-corrected chi connectivity index (χ1v) is 5.15. The van der Waals surface area contributed by atoms with Crippen molar-refractivity contribution in [2.24, 2.45) is 0 Å². The summed E-state index contributed by atoms with van der Waals surface area (Å²) in [5.41, 5.74) is 0.685. The van der Waals surface area contributed by atoms with Gasteiger partial charge in [-0.25, -0.2) is 4.98 Å². The van der Waals surface area contributed by atoms with E-state index in [2.05, 4.69) is 20.9 Å². The molecule has 0 amide bonds. The molecule has 0 spiro atoms. The largest absolute Gasteiger partial charge is 0.293 e. The number of pyridine rings is 1. The first-order chi connectivity index (χ1) is 5.25. The normalized spacial score (nSPS) is 9.64. The van der Waals surface area contributed by atoms with Crippen molar-refractivity contribution in [1.82, 2.24) is 4.98 Å². The van der Waals surface area contributed by atoms with Crippen LogP contribution in [0, 0.1) is 3.70 Å². The van der Waals surface area contributed by atoms with Gasteiger partial charge in [-0.15, -0.1) is 0 Å². The minimum atomic E-state index is 0.0718. The highest BCUT2D eigenvalue weighted by Gasteiger charge is 2.07. The van der Waals surface area contributed by atoms with E-state index in [1.54, 1.807) is 18.3 Å². The maximum Gasteiger partial charge on any atom is 0.176 e. The number of carbonyl (C=O) groups is 1. The van der Waals surface area contributed by atoms with E-state index in [0.29, 0.717) is 10.9 Å². The minimum absolute atomic E-state index is 0.0718. The summed E-state index contributed by atoms with van der Waals surface area (Å²) >= 11 is 5.15. The summed E-state index contributed by atoms with van der Waals surface area (Å²) < 4.78 is 0.759. The van der Waals surface area contributed by atoms with Crippen molar-refractivity contribution in [1.29, 1.82) is 0 Å². The van der Waals surface area contributed by atoms with Gasteiger partial charge < -0.3 is 0 Å². The van der Waals surface area contributed by atoms with Crippen LogP contribution in [0.15, 0.2) is 18.3 Å². The number of carbonyl (C=O) groups excluding carboxylic acids is 1. The third-order valence-electron chi connectivity index (χ3n) is 1.18. The molecule has 0 fully saturated rings. The molecule has 0 unspecified atom stereocenters. The van der Waals surface area contributed by atoms with Crippen LogP contribution in [0.1, 0.15) is 10.4 Å². The maximum atomic E-state index is 11.1. The van der Waals surface area contributed by atoms with Crippen LogP contribution in [0.5, 0.6) is 0 Å². The monoisotopic (exact) mass is 325 g/mol. The average molecular weight is 326 g/mol. The quantitative estimate of drug-likeness (QED) is 0.361. The number of halogens is 2. The molecule has 1 rings (SSSR count). The number of Topliss-reactive ketones (excluding diaryl/α,β-unsaturated/α-hetero) is 1. The highest BCUT2D eigenvalue weighted by molar-refractivity contribution is 14.1. The van der Waals surface area contributed by atoms with Gasteiger partial charge in [0.1, 0.15) is 3.70 Å². The van der Waals surface area contributed by atoms with Crippen LogP contribution in [0.4, 0.5) is 0 Å². The predicted octanol–water partition coefficient (Wildman–Crippen LogP) is 2.26. The summed E-state index contributed by atoms with van der Waals surface area (Å²) in [4.78, 5) is 15.1. The summed E-state index contributed by atoms with van der Waals surface area (Å²) in [7, 11) is 0. The van der Waals surface area contributed by atoms with E-state index >= 15 is 0 Å². The second kappa shape index (κ2) is 4.15. The van der Waals surface area contributed by atoms with Crippen LogP contribution in [0.2, 0.25) is 0 Å². The highest BCUT2D eigenvalue weighted by atomic mass is 127. The second-order valence-electron chi connectivity index (χ2n) is 1.90. The molecule has 1 aromatic rings. The molecule has 0 aliphatic heterocycles. The average Bonchev–Trinajstić information content (AvgIpc) is 2.04. The first kappa shape index (κ1) is 9.12. The van der Waals surface area contributed by atoms with E-state index < -0.39 is 0 Å². The van der Waals surface area contributed by atoms with E-state index in [4.69, 9.17) is 0 Å². The van der Waals surface area contributed by atoms with Crippen molar-refractivity contribution in [2.45, 2.75) is 0 Å². The highest BCUT2D eigenvalue weighted by Crippen LogP contribution is 2.09. The zero-order valence-electron chi connectivity index (χ0n) is 5.55. The maximum absolute atomic E-state index is 11.1. The Labute approximate surface area is 86.7 Å². The molecule has 1 aromatic heterocycles. The van der Waals surface area contributed by atoms with Crippen molar-refractivity contribution in [3.05, 3.63) is 27.6 Å². The number of nitrogens with zero attached hydrogens (tertiary/aromatic N) is 1. The Morgan fingerprint density at radius 1 is 1.73 bits per heavy atom. The van der Waals surface area contributed by atoms with Crippen molar-refractivity contribution < 1.29 is 4.79 Å². The van der Waals surface area contributed by atoms with Crippen LogP contribution in [0.25, 0.3) is 0 Å². The van der Waals surface area contributed by atoms with E-state index in [1.807, 2.05) is 22.6 Å². The second-order valence-corrected chi connectivity index (χ2v) is 3.48. The topological polar surface area (TPSA) is 30.0 Å². The lowest BCUT2D eigenvalue weighted by molar-refractivity contribution is 0.102. The Balaban J connectivity index is 3.03. The van der Waals surface area contributed by atoms with Crippen LogP contribution in [-0.2, 0) is 0 Å². The molecule has 0 radical (unpaired) electrons. The van der Waals surface area contributed by atoms with Gasteiger partial charge in [0.15, 0.2) is 5.78 Å². The fraction of sp³-hybridized carbons (Fsp3) is 0.143. The van der Waals surface area contributed by atoms with E-state index in [1.165, 1.54) is 0 Å². The van der Waals surface area contributed by atoms with Crippen LogP contribution in [-0.4, -0.2) is 16.1 Å². The van der Waals surface area contributed by atoms with Gasteiger partial charge in [0.25, 0.3) is 0 Å². The van der Waals surface area contributed by atoms with Crippen LogP contribution >= 0.6 is 38.5 Å². The van der Waals surface area contributed by atoms with Gasteiger partial charge in [0.05, 0.1) is 10.9 Å². The molecule has 0 aliphatic carbocycles. The zero-order chi connectivity index (χ0) is 8.27. The van der Waals surface area contributed by atoms with Crippen molar-refractivity contribution in [3.8, 4) is 0 Å². The van der Waals surface area contributed by atoms with Crippen molar-refractivity contribution >= 4 is 44.3 Å². The van der Waals surface area contributed by atoms with Gasteiger partial charge in [0, 0.05) is 6.20 Å². The Kier molecular flexibility index (Phi) is 3.45. The summed E-state index contributed by atoms with van der Waals surface area (Å²) in [6.07, 6.45) is 1.67. The molecule has 11 heavy (non-hydrogen) atoms. The first-order valence-electron chi connectivity index (χ1n) is 2.95. The molecule has 1 heterocycles. The lowest BCUT2D eigenvalue weighted by Gasteiger charge is -1.97. The van der Waals surface area contributed by atoms with E-state index in [0.717, 1.165) is 3.70 Å². The third-order valence-corrected chi connectivity index (χ3v) is 2.55. The Morgan fingerprint density at radius 2 is 2.45 bits per heavy atom. The third kappa shape index (κ3) is 2.23. The molecule has 0 bridgehead atoms. The van der Waals surface area contributed by atoms with Gasteiger partial charge in [-0.2, -0.15) is 0 Å². The standard InChI is InChI=1S/C7H5BrINO/c8-4-6(11)5-2-1-3-10-7(5)9/h1-3H,4H2. The van der Waals surface area contributed by atoms with Crippen LogP contribution < -0.4 is 0 Å². The number of ketones is 1. The fourth-order valence-electron chi connectivity index (χ4n) is 0.666. The summed E-state index contributed by atoms with van der Waals surface area (Å²) in [5, 5.41) is 0.356. The molecule has 0 saturated heterocycles. The lowest BCUT2D eigenvalue weighted by Crippen LogP contribution is -2.03. The van der Waals surface area contributed by atoms with Gasteiger partial charge in [0.2, 0.25) is 0 Å². The number of hydrogen-bond acceptors (Lipinski definition) is 2. The molecular formula is C7H5BrINO. The zero-order valence-corrected chi connectivity index (χ0v) is 9.29. The molecule has 0 N–H and O–H groups in total. The molecule has 0 aromatic carbocycles. The van der Waals surface area contributed by atoms with Gasteiger partial charge in [-0.3, -0.25) is 4.79 Å². The molecule has 0 saturated carbocycles. The molecular weight excluding hydrogens is 321 g/mol. The number of alkyl halides is 1. The lowest BCUT2D eigenvalue weighted by atomic mass is 10.2. The van der Waals surface area contributed by atoms with E-state index in [-0.39, 0.29) is 5.78 Å². The van der Waals surface area contributed by atoms with Gasteiger partial charge >= 0.3 is 0 Å². The molecule has 58 valence electrons. The smallest absolute Gasteiger partial charge is 0.176 e. The summed E-state index contributed by atoms with van der Waals surface area (Å²) in [6.45, 7) is 0. The number of rotatable bonds is 2. The molecule has 0 atom stereocenters. The number of hydrogen-bond donors (Lipinski definition) is 0. The van der Waals surface area contributed by atoms with Crippen molar-refractivity contribution in [2.75, 3.05) is 5.33 Å². The SMILES string of the molecule is O=C(CBr)c1cccnc1I. The molecule has 0 aliphatic rings.